The first kappa shape index (κ1) is 23.4. The first-order valence-electron chi connectivity index (χ1n) is 11.2. The number of hydrogen-bond acceptors (Lipinski definition) is 6. The predicted octanol–water partition coefficient (Wildman–Crippen LogP) is 3.86. The Morgan fingerprint density at radius 2 is 1.90 bits per heavy atom. The van der Waals surface area contributed by atoms with Crippen molar-refractivity contribution in [2.45, 2.75) is 96.7 Å². The zero-order valence-corrected chi connectivity index (χ0v) is 19.5. The van der Waals surface area contributed by atoms with Crippen LogP contribution in [0.5, 0.6) is 0 Å². The maximum Gasteiger partial charge on any atom is 0.306 e. The molecule has 30 heavy (non-hydrogen) atoms. The molecule has 1 spiro atoms. The molecule has 3 unspecified atom stereocenters. The minimum absolute atomic E-state index is 0.00538. The highest BCUT2D eigenvalue weighted by molar-refractivity contribution is 5.83. The van der Waals surface area contributed by atoms with Gasteiger partial charge in [0.05, 0.1) is 25.0 Å². The number of allylic oxidation sites excluding steroid dienone is 1. The first-order chi connectivity index (χ1) is 14.0. The Balaban J connectivity index is 1.71. The van der Waals surface area contributed by atoms with Gasteiger partial charge in [0.1, 0.15) is 29.2 Å². The molecule has 0 aromatic rings. The lowest BCUT2D eigenvalue weighted by Crippen LogP contribution is -2.55. The van der Waals surface area contributed by atoms with Crippen molar-refractivity contribution in [3.05, 3.63) is 11.6 Å². The molecule has 0 amide bonds. The number of rotatable bonds is 9. The van der Waals surface area contributed by atoms with Gasteiger partial charge in [-0.25, -0.2) is 0 Å². The van der Waals surface area contributed by atoms with E-state index in [-0.39, 0.29) is 65.4 Å². The summed E-state index contributed by atoms with van der Waals surface area (Å²) in [7, 11) is 1.67. The van der Waals surface area contributed by atoms with Crippen LogP contribution in [0.15, 0.2) is 11.6 Å². The lowest BCUT2D eigenvalue weighted by atomic mass is 9.68. The number of hydrogen-bond donors (Lipinski definition) is 0. The van der Waals surface area contributed by atoms with Crippen LogP contribution in [0.1, 0.15) is 67.2 Å². The summed E-state index contributed by atoms with van der Waals surface area (Å²) in [6.45, 7) is 12.5. The van der Waals surface area contributed by atoms with Crippen molar-refractivity contribution in [2.75, 3.05) is 13.7 Å². The van der Waals surface area contributed by atoms with E-state index >= 15 is 0 Å². The van der Waals surface area contributed by atoms with Crippen LogP contribution in [0, 0.1) is 17.8 Å². The molecule has 6 heteroatoms. The Hall–Kier alpha value is -1.24. The van der Waals surface area contributed by atoms with Gasteiger partial charge in [-0.05, 0) is 52.9 Å². The highest BCUT2D eigenvalue weighted by Gasteiger charge is 2.72. The predicted molar refractivity (Wildman–Crippen MR) is 113 cm³/mol. The molecule has 6 nitrogen and oxygen atoms in total. The fourth-order valence-corrected chi connectivity index (χ4v) is 5.32. The summed E-state index contributed by atoms with van der Waals surface area (Å²) in [4.78, 5) is 24.6. The lowest BCUT2D eigenvalue weighted by molar-refractivity contribution is -0.173. The molecule has 1 saturated carbocycles. The number of methoxy groups -OCH3 is 1. The lowest BCUT2D eigenvalue weighted by Gasteiger charge is -2.42. The Morgan fingerprint density at radius 1 is 1.23 bits per heavy atom. The smallest absolute Gasteiger partial charge is 0.306 e. The van der Waals surface area contributed by atoms with Crippen LogP contribution < -0.4 is 0 Å². The molecule has 0 aromatic heterocycles. The topological polar surface area (TPSA) is 77.7 Å². The highest BCUT2D eigenvalue weighted by Crippen LogP contribution is 2.59. The van der Waals surface area contributed by atoms with Gasteiger partial charge in [0, 0.05) is 13.0 Å². The average molecular weight is 423 g/mol. The fraction of sp³-hybridized carbons (Fsp3) is 0.833. The zero-order chi connectivity index (χ0) is 22.3. The number of epoxide rings is 2. The highest BCUT2D eigenvalue weighted by atomic mass is 16.6. The van der Waals surface area contributed by atoms with Gasteiger partial charge in [0.2, 0.25) is 0 Å². The minimum atomic E-state index is -0.354. The van der Waals surface area contributed by atoms with E-state index < -0.39 is 0 Å². The van der Waals surface area contributed by atoms with E-state index in [1.54, 1.807) is 14.0 Å². The molecule has 0 aromatic carbocycles. The standard InChI is InChI=1S/C24H38O6/c1-14(2)8-9-19-23(6,30-19)22-21(27-7)18(10-11-24(22)13-28-24)29-20(26)12-17(15(3)4)16(5)25/h8,15,17-19,21-22H,9-13H2,1-7H3/t17?,18-,19-,21?,22-,23+,24?/m1/s1. The number of Topliss-reactive ketones (excluding diaryl/α,β-unsaturated/α-hetero) is 1. The largest absolute Gasteiger partial charge is 0.460 e. The van der Waals surface area contributed by atoms with Crippen molar-refractivity contribution in [1.29, 1.82) is 0 Å². The summed E-state index contributed by atoms with van der Waals surface area (Å²) in [5, 5.41) is 0. The second kappa shape index (κ2) is 8.71. The monoisotopic (exact) mass is 422 g/mol. The summed E-state index contributed by atoms with van der Waals surface area (Å²) >= 11 is 0. The van der Waals surface area contributed by atoms with E-state index in [1.807, 2.05) is 13.8 Å². The van der Waals surface area contributed by atoms with Crippen molar-refractivity contribution in [2.24, 2.45) is 17.8 Å². The molecule has 3 fully saturated rings. The molecule has 7 atom stereocenters. The molecular weight excluding hydrogens is 384 g/mol. The molecule has 170 valence electrons. The van der Waals surface area contributed by atoms with Crippen molar-refractivity contribution in [3.63, 3.8) is 0 Å². The Bertz CT molecular complexity index is 690. The number of ketones is 1. The van der Waals surface area contributed by atoms with Gasteiger partial charge < -0.3 is 18.9 Å². The molecule has 0 N–H and O–H groups in total. The maximum absolute atomic E-state index is 12.7. The Kier molecular flexibility index (Phi) is 6.80. The van der Waals surface area contributed by atoms with Crippen molar-refractivity contribution in [3.8, 4) is 0 Å². The van der Waals surface area contributed by atoms with Crippen LogP contribution in [-0.2, 0) is 28.5 Å². The zero-order valence-electron chi connectivity index (χ0n) is 19.5. The van der Waals surface area contributed by atoms with Crippen molar-refractivity contribution in [1.82, 2.24) is 0 Å². The first-order valence-corrected chi connectivity index (χ1v) is 11.2. The van der Waals surface area contributed by atoms with Crippen LogP contribution in [0.2, 0.25) is 0 Å². The van der Waals surface area contributed by atoms with Gasteiger partial charge in [0.25, 0.3) is 0 Å². The van der Waals surface area contributed by atoms with Crippen LogP contribution in [0.4, 0.5) is 0 Å². The summed E-state index contributed by atoms with van der Waals surface area (Å²) in [5.41, 5.74) is 0.681. The molecule has 1 aliphatic carbocycles. The van der Waals surface area contributed by atoms with Gasteiger partial charge in [-0.15, -0.1) is 0 Å². The molecule has 2 heterocycles. The summed E-state index contributed by atoms with van der Waals surface area (Å²) in [6.07, 6.45) is 4.17. The third-order valence-electron chi connectivity index (χ3n) is 7.23. The van der Waals surface area contributed by atoms with Crippen LogP contribution >= 0.6 is 0 Å². The van der Waals surface area contributed by atoms with E-state index in [2.05, 4.69) is 26.8 Å². The Morgan fingerprint density at radius 3 is 2.40 bits per heavy atom. The molecule has 2 aliphatic heterocycles. The number of carbonyl (C=O) groups is 2. The van der Waals surface area contributed by atoms with Gasteiger partial charge >= 0.3 is 5.97 Å². The van der Waals surface area contributed by atoms with E-state index in [1.165, 1.54) is 5.57 Å². The van der Waals surface area contributed by atoms with Gasteiger partial charge in [-0.3, -0.25) is 9.59 Å². The molecule has 0 bridgehead atoms. The number of ether oxygens (including phenoxy) is 4. The van der Waals surface area contributed by atoms with Crippen molar-refractivity contribution >= 4 is 11.8 Å². The fourth-order valence-electron chi connectivity index (χ4n) is 5.32. The number of carbonyl (C=O) groups excluding carboxylic acids is 2. The van der Waals surface area contributed by atoms with E-state index in [9.17, 15) is 9.59 Å². The summed E-state index contributed by atoms with van der Waals surface area (Å²) < 4.78 is 23.9. The van der Waals surface area contributed by atoms with E-state index in [0.717, 1.165) is 12.8 Å². The molecule has 2 saturated heterocycles. The van der Waals surface area contributed by atoms with Crippen LogP contribution in [-0.4, -0.2) is 55.0 Å². The summed E-state index contributed by atoms with van der Waals surface area (Å²) in [6, 6.07) is 0. The minimum Gasteiger partial charge on any atom is -0.460 e. The SMILES string of the molecule is COC1[C@H](OC(=O)CC(C(C)=O)C(C)C)CCC2(CO2)[C@H]1[C@@]1(C)O[C@@H]1CC=C(C)C. The molecular formula is C24H38O6. The maximum atomic E-state index is 12.7. The van der Waals surface area contributed by atoms with E-state index in [4.69, 9.17) is 18.9 Å². The second-order valence-corrected chi connectivity index (χ2v) is 10.1. The second-order valence-electron chi connectivity index (χ2n) is 10.1. The summed E-state index contributed by atoms with van der Waals surface area (Å²) in [5.74, 6) is -0.506. The molecule has 3 aliphatic rings. The van der Waals surface area contributed by atoms with Gasteiger partial charge in [0.15, 0.2) is 0 Å². The van der Waals surface area contributed by atoms with Crippen LogP contribution in [0.25, 0.3) is 0 Å². The molecule has 0 radical (unpaired) electrons. The normalized spacial score (nSPS) is 38.3. The third kappa shape index (κ3) is 4.66. The third-order valence-corrected chi connectivity index (χ3v) is 7.23. The van der Waals surface area contributed by atoms with E-state index in [0.29, 0.717) is 13.0 Å². The number of esters is 1. The van der Waals surface area contributed by atoms with Gasteiger partial charge in [-0.2, -0.15) is 0 Å². The average Bonchev–Trinajstić information content (AvgIpc) is 3.56. The molecule has 3 rings (SSSR count). The Labute approximate surface area is 180 Å². The van der Waals surface area contributed by atoms with Gasteiger partial charge in [-0.1, -0.05) is 25.5 Å². The van der Waals surface area contributed by atoms with Crippen molar-refractivity contribution < 1.29 is 28.5 Å². The quantitative estimate of drug-likeness (QED) is 0.319. The van der Waals surface area contributed by atoms with Crippen LogP contribution in [0.3, 0.4) is 0 Å².